The van der Waals surface area contributed by atoms with Crippen molar-refractivity contribution in [3.63, 3.8) is 0 Å². The van der Waals surface area contributed by atoms with Crippen LogP contribution < -0.4 is 16.4 Å². The number of benzene rings is 2. The molecule has 3 aromatic rings. The van der Waals surface area contributed by atoms with E-state index in [-0.39, 0.29) is 17.2 Å². The van der Waals surface area contributed by atoms with Crippen LogP contribution in [0.4, 0.5) is 22.1 Å². The Hall–Kier alpha value is -3.30. The van der Waals surface area contributed by atoms with Gasteiger partial charge in [-0.2, -0.15) is 5.26 Å². The zero-order chi connectivity index (χ0) is 19.6. The molecule has 4 N–H and O–H groups in total. The second kappa shape index (κ2) is 7.52. The van der Waals surface area contributed by atoms with Crippen molar-refractivity contribution in [1.29, 1.82) is 5.26 Å². The fourth-order valence-corrected chi connectivity index (χ4v) is 3.75. The molecule has 1 heterocycles. The number of nitrogens with one attached hydrogen (secondary N) is 2. The van der Waals surface area contributed by atoms with Crippen molar-refractivity contribution in [3.8, 4) is 6.07 Å². The van der Waals surface area contributed by atoms with Crippen LogP contribution in [-0.2, 0) is 0 Å². The van der Waals surface area contributed by atoms with E-state index in [0.717, 1.165) is 28.1 Å². The van der Waals surface area contributed by atoms with Gasteiger partial charge in [-0.3, -0.25) is 4.79 Å². The summed E-state index contributed by atoms with van der Waals surface area (Å²) in [7, 11) is 0. The number of carbonyl (C=O) groups excluding carboxylic acids is 1. The first-order valence-electron chi connectivity index (χ1n) is 8.44. The standard InChI is InChI=1S/C21H20N4OS/c1-12-7-9-15(10-8-12)24-21-16(11-22)17(23)19(27-21)20(26)25-18-13(2)5-4-6-14(18)3/h4-10,24H,23H2,1-3H3,(H,25,26). The summed E-state index contributed by atoms with van der Waals surface area (Å²) in [6.07, 6.45) is 0. The Bertz CT molecular complexity index is 1030. The molecule has 0 bridgehead atoms. The largest absolute Gasteiger partial charge is 0.396 e. The second-order valence-electron chi connectivity index (χ2n) is 6.37. The highest BCUT2D eigenvalue weighted by atomic mass is 32.1. The SMILES string of the molecule is Cc1ccc(Nc2sc(C(=O)Nc3c(C)cccc3C)c(N)c2C#N)cc1. The molecule has 0 unspecified atom stereocenters. The van der Waals surface area contributed by atoms with Crippen molar-refractivity contribution in [2.45, 2.75) is 20.8 Å². The average Bonchev–Trinajstić information content (AvgIpc) is 2.95. The summed E-state index contributed by atoms with van der Waals surface area (Å²) in [5.41, 5.74) is 11.3. The van der Waals surface area contributed by atoms with E-state index in [4.69, 9.17) is 5.73 Å². The van der Waals surface area contributed by atoms with Crippen molar-refractivity contribution >= 4 is 39.3 Å². The van der Waals surface area contributed by atoms with Crippen molar-refractivity contribution in [3.05, 3.63) is 69.6 Å². The number of rotatable bonds is 4. The quantitative estimate of drug-likeness (QED) is 0.589. The number of thiophene rings is 1. The van der Waals surface area contributed by atoms with Crippen molar-refractivity contribution in [2.24, 2.45) is 0 Å². The van der Waals surface area contributed by atoms with Gasteiger partial charge in [0, 0.05) is 11.4 Å². The number of nitrogens with two attached hydrogens (primary N) is 1. The average molecular weight is 376 g/mol. The molecule has 0 fully saturated rings. The lowest BCUT2D eigenvalue weighted by Crippen LogP contribution is -2.14. The van der Waals surface area contributed by atoms with E-state index in [1.165, 1.54) is 11.3 Å². The summed E-state index contributed by atoms with van der Waals surface area (Å²) in [5, 5.41) is 16.2. The summed E-state index contributed by atoms with van der Waals surface area (Å²) in [4.78, 5) is 13.1. The number of carbonyl (C=O) groups is 1. The third kappa shape index (κ3) is 3.78. The minimum atomic E-state index is -0.316. The van der Waals surface area contributed by atoms with Gasteiger partial charge in [0.15, 0.2) is 0 Å². The molecular formula is C21H20N4OS. The summed E-state index contributed by atoms with van der Waals surface area (Å²) >= 11 is 1.18. The Morgan fingerprint density at radius 2 is 1.70 bits per heavy atom. The van der Waals surface area contributed by atoms with Crippen LogP contribution in [0.25, 0.3) is 0 Å². The maximum absolute atomic E-state index is 12.8. The Morgan fingerprint density at radius 1 is 1.07 bits per heavy atom. The Kier molecular flexibility index (Phi) is 5.15. The monoisotopic (exact) mass is 376 g/mol. The highest BCUT2D eigenvalue weighted by Gasteiger charge is 2.22. The first-order chi connectivity index (χ1) is 12.9. The molecule has 0 saturated carbocycles. The van der Waals surface area contributed by atoms with Crippen molar-refractivity contribution in [2.75, 3.05) is 16.4 Å². The van der Waals surface area contributed by atoms with E-state index in [1.807, 2.05) is 63.2 Å². The fourth-order valence-electron chi connectivity index (χ4n) is 2.76. The minimum Gasteiger partial charge on any atom is -0.396 e. The van der Waals surface area contributed by atoms with E-state index in [1.54, 1.807) is 0 Å². The van der Waals surface area contributed by atoms with E-state index in [9.17, 15) is 10.1 Å². The number of aryl methyl sites for hydroxylation is 3. The smallest absolute Gasteiger partial charge is 0.267 e. The van der Waals surface area contributed by atoms with Crippen LogP contribution in [0.15, 0.2) is 42.5 Å². The first-order valence-corrected chi connectivity index (χ1v) is 9.26. The molecule has 0 aliphatic heterocycles. The predicted molar refractivity (Wildman–Crippen MR) is 112 cm³/mol. The highest BCUT2D eigenvalue weighted by Crippen LogP contribution is 2.37. The maximum atomic E-state index is 12.8. The topological polar surface area (TPSA) is 90.9 Å². The first kappa shape index (κ1) is 18.5. The molecule has 6 heteroatoms. The molecule has 0 radical (unpaired) electrons. The van der Waals surface area contributed by atoms with Gasteiger partial charge in [-0.05, 0) is 44.0 Å². The lowest BCUT2D eigenvalue weighted by atomic mass is 10.1. The van der Waals surface area contributed by atoms with Gasteiger partial charge in [-0.1, -0.05) is 35.9 Å². The van der Waals surface area contributed by atoms with Crippen LogP contribution in [-0.4, -0.2) is 5.91 Å². The molecule has 0 aliphatic rings. The Morgan fingerprint density at radius 3 is 2.30 bits per heavy atom. The summed E-state index contributed by atoms with van der Waals surface area (Å²) in [6, 6.07) is 15.7. The van der Waals surface area contributed by atoms with Gasteiger partial charge in [-0.25, -0.2) is 0 Å². The number of nitrogen functional groups attached to an aromatic ring is 1. The minimum absolute atomic E-state index is 0.195. The van der Waals surface area contributed by atoms with Crippen LogP contribution in [0, 0.1) is 32.1 Å². The molecule has 0 spiro atoms. The third-order valence-electron chi connectivity index (χ3n) is 4.29. The summed E-state index contributed by atoms with van der Waals surface area (Å²) < 4.78 is 0. The van der Waals surface area contributed by atoms with Gasteiger partial charge in [-0.15, -0.1) is 11.3 Å². The molecule has 0 atom stereocenters. The number of amides is 1. The van der Waals surface area contributed by atoms with Crippen LogP contribution in [0.2, 0.25) is 0 Å². The van der Waals surface area contributed by atoms with Gasteiger partial charge < -0.3 is 16.4 Å². The molecule has 5 nitrogen and oxygen atoms in total. The van der Waals surface area contributed by atoms with Crippen molar-refractivity contribution < 1.29 is 4.79 Å². The number of anilines is 4. The number of hydrogen-bond acceptors (Lipinski definition) is 5. The van der Waals surface area contributed by atoms with E-state index < -0.39 is 0 Å². The molecule has 1 amide bonds. The van der Waals surface area contributed by atoms with Gasteiger partial charge in [0.05, 0.1) is 5.69 Å². The lowest BCUT2D eigenvalue weighted by molar-refractivity contribution is 0.103. The van der Waals surface area contributed by atoms with E-state index >= 15 is 0 Å². The molecular weight excluding hydrogens is 356 g/mol. The zero-order valence-electron chi connectivity index (χ0n) is 15.4. The molecule has 136 valence electrons. The molecule has 27 heavy (non-hydrogen) atoms. The Balaban J connectivity index is 1.92. The third-order valence-corrected chi connectivity index (χ3v) is 5.41. The number of nitrogens with zero attached hydrogens (tertiary/aromatic N) is 1. The summed E-state index contributed by atoms with van der Waals surface area (Å²) in [5.74, 6) is -0.316. The molecule has 2 aromatic carbocycles. The number of nitriles is 1. The predicted octanol–water partition coefficient (Wildman–Crippen LogP) is 5.12. The van der Waals surface area contributed by atoms with E-state index in [2.05, 4.69) is 16.7 Å². The highest BCUT2D eigenvalue weighted by molar-refractivity contribution is 7.19. The van der Waals surface area contributed by atoms with Gasteiger partial charge in [0.25, 0.3) is 5.91 Å². The number of hydrogen-bond donors (Lipinski definition) is 3. The Labute approximate surface area is 162 Å². The van der Waals surface area contributed by atoms with Gasteiger partial charge >= 0.3 is 0 Å². The lowest BCUT2D eigenvalue weighted by Gasteiger charge is -2.10. The fraction of sp³-hybridized carbons (Fsp3) is 0.143. The van der Waals surface area contributed by atoms with Crippen LogP contribution in [0.5, 0.6) is 0 Å². The van der Waals surface area contributed by atoms with Gasteiger partial charge in [0.2, 0.25) is 0 Å². The summed E-state index contributed by atoms with van der Waals surface area (Å²) in [6.45, 7) is 5.88. The maximum Gasteiger partial charge on any atom is 0.267 e. The van der Waals surface area contributed by atoms with Gasteiger partial charge in [0.1, 0.15) is 21.5 Å². The normalized spacial score (nSPS) is 10.3. The van der Waals surface area contributed by atoms with Crippen LogP contribution in [0.1, 0.15) is 31.9 Å². The molecule has 0 saturated heterocycles. The number of para-hydroxylation sites is 1. The van der Waals surface area contributed by atoms with Crippen LogP contribution in [0.3, 0.4) is 0 Å². The van der Waals surface area contributed by atoms with E-state index in [0.29, 0.717) is 9.88 Å². The van der Waals surface area contributed by atoms with Crippen LogP contribution >= 0.6 is 11.3 Å². The zero-order valence-corrected chi connectivity index (χ0v) is 16.2. The molecule has 0 aliphatic carbocycles. The molecule has 3 rings (SSSR count). The second-order valence-corrected chi connectivity index (χ2v) is 7.39. The molecule has 1 aromatic heterocycles. The van der Waals surface area contributed by atoms with Crippen molar-refractivity contribution in [1.82, 2.24) is 0 Å².